The SMILES string of the molecule is N#Cc1ccc(S(=O)(=O)NOCC(=O)O)c(Cl)c1. The van der Waals surface area contributed by atoms with Gasteiger partial charge in [0.15, 0.2) is 6.61 Å². The molecule has 7 nitrogen and oxygen atoms in total. The van der Waals surface area contributed by atoms with Crippen LogP contribution < -0.4 is 4.89 Å². The van der Waals surface area contributed by atoms with Crippen LogP contribution in [0.15, 0.2) is 23.1 Å². The fourth-order valence-electron chi connectivity index (χ4n) is 1.00. The number of nitriles is 1. The standard InChI is InChI=1S/C9H7ClN2O5S/c10-7-3-6(4-11)1-2-8(7)18(15,16)12-17-5-9(13)14/h1-3,12H,5H2,(H,13,14). The minimum Gasteiger partial charge on any atom is -0.479 e. The molecule has 0 bridgehead atoms. The second kappa shape index (κ2) is 5.79. The number of benzene rings is 1. The van der Waals surface area contributed by atoms with Crippen molar-refractivity contribution >= 4 is 27.6 Å². The highest BCUT2D eigenvalue weighted by atomic mass is 35.5. The lowest BCUT2D eigenvalue weighted by atomic mass is 10.2. The average Bonchev–Trinajstić information content (AvgIpc) is 2.27. The van der Waals surface area contributed by atoms with Gasteiger partial charge in [-0.05, 0) is 18.2 Å². The number of rotatable bonds is 5. The van der Waals surface area contributed by atoms with Gasteiger partial charge in [0.2, 0.25) is 0 Å². The Morgan fingerprint density at radius 3 is 2.72 bits per heavy atom. The van der Waals surface area contributed by atoms with Crippen molar-refractivity contribution in [3.63, 3.8) is 0 Å². The predicted molar refractivity (Wildman–Crippen MR) is 60.1 cm³/mol. The number of nitrogens with one attached hydrogen (secondary N) is 1. The largest absolute Gasteiger partial charge is 0.479 e. The maximum atomic E-state index is 11.6. The lowest BCUT2D eigenvalue weighted by molar-refractivity contribution is -0.143. The third-order valence-electron chi connectivity index (χ3n) is 1.71. The van der Waals surface area contributed by atoms with Crippen molar-refractivity contribution in [3.05, 3.63) is 28.8 Å². The van der Waals surface area contributed by atoms with Gasteiger partial charge in [-0.3, -0.25) is 4.84 Å². The van der Waals surface area contributed by atoms with Gasteiger partial charge in [0.05, 0.1) is 16.7 Å². The number of hydrogen-bond acceptors (Lipinski definition) is 5. The van der Waals surface area contributed by atoms with E-state index in [1.165, 1.54) is 12.1 Å². The van der Waals surface area contributed by atoms with E-state index >= 15 is 0 Å². The summed E-state index contributed by atoms with van der Waals surface area (Å²) >= 11 is 5.69. The van der Waals surface area contributed by atoms with E-state index < -0.39 is 22.6 Å². The molecule has 0 saturated heterocycles. The summed E-state index contributed by atoms with van der Waals surface area (Å²) in [5, 5.41) is 16.7. The molecule has 0 aromatic heterocycles. The van der Waals surface area contributed by atoms with Crippen LogP contribution in [0.1, 0.15) is 5.56 Å². The van der Waals surface area contributed by atoms with Crippen molar-refractivity contribution in [2.45, 2.75) is 4.90 Å². The number of nitrogens with zero attached hydrogens (tertiary/aromatic N) is 1. The highest BCUT2D eigenvalue weighted by Crippen LogP contribution is 2.22. The number of carboxylic acids is 1. The summed E-state index contributed by atoms with van der Waals surface area (Å²) in [5.74, 6) is -1.33. The molecule has 0 amide bonds. The zero-order valence-corrected chi connectivity index (χ0v) is 10.3. The number of aliphatic carboxylic acids is 1. The fraction of sp³-hybridized carbons (Fsp3) is 0.111. The Labute approximate surface area is 108 Å². The summed E-state index contributed by atoms with van der Waals surface area (Å²) in [6, 6.07) is 5.35. The summed E-state index contributed by atoms with van der Waals surface area (Å²) in [4.78, 5) is 15.7. The molecule has 0 aliphatic carbocycles. The van der Waals surface area contributed by atoms with E-state index in [0.717, 1.165) is 6.07 Å². The van der Waals surface area contributed by atoms with Crippen LogP contribution in [0.25, 0.3) is 0 Å². The average molecular weight is 291 g/mol. The molecule has 2 N–H and O–H groups in total. The maximum absolute atomic E-state index is 11.6. The van der Waals surface area contributed by atoms with Crippen molar-refractivity contribution in [2.75, 3.05) is 6.61 Å². The summed E-state index contributed by atoms with van der Waals surface area (Å²) < 4.78 is 23.3. The van der Waals surface area contributed by atoms with Gasteiger partial charge in [-0.15, -0.1) is 0 Å². The van der Waals surface area contributed by atoms with E-state index in [1.54, 1.807) is 11.0 Å². The molecule has 1 rings (SSSR count). The van der Waals surface area contributed by atoms with Gasteiger partial charge in [0.25, 0.3) is 10.0 Å². The summed E-state index contributed by atoms with van der Waals surface area (Å²) in [7, 11) is -4.09. The third-order valence-corrected chi connectivity index (χ3v) is 3.41. The van der Waals surface area contributed by atoms with E-state index in [1.807, 2.05) is 0 Å². The molecule has 0 spiro atoms. The first-order valence-electron chi connectivity index (χ1n) is 4.42. The van der Waals surface area contributed by atoms with E-state index in [9.17, 15) is 13.2 Å². The van der Waals surface area contributed by atoms with Gasteiger partial charge < -0.3 is 5.11 Å². The van der Waals surface area contributed by atoms with E-state index in [2.05, 4.69) is 4.84 Å². The Morgan fingerprint density at radius 1 is 1.56 bits per heavy atom. The molecule has 18 heavy (non-hydrogen) atoms. The quantitative estimate of drug-likeness (QED) is 0.763. The first-order valence-corrected chi connectivity index (χ1v) is 6.28. The van der Waals surface area contributed by atoms with Gasteiger partial charge in [-0.2, -0.15) is 5.26 Å². The van der Waals surface area contributed by atoms with E-state index in [0.29, 0.717) is 0 Å². The Bertz CT molecular complexity index is 608. The van der Waals surface area contributed by atoms with Crippen LogP contribution in [0.4, 0.5) is 0 Å². The predicted octanol–water partition coefficient (Wildman–Crippen LogP) is 0.506. The molecule has 0 unspecified atom stereocenters. The summed E-state index contributed by atoms with van der Waals surface area (Å²) in [5.41, 5.74) is 0.199. The Balaban J connectivity index is 2.92. The lowest BCUT2D eigenvalue weighted by Crippen LogP contribution is -2.27. The monoisotopic (exact) mass is 290 g/mol. The molecule has 0 radical (unpaired) electrons. The van der Waals surface area contributed by atoms with Gasteiger partial charge >= 0.3 is 5.97 Å². The Kier molecular flexibility index (Phi) is 4.63. The zero-order valence-electron chi connectivity index (χ0n) is 8.75. The van der Waals surface area contributed by atoms with Crippen molar-refractivity contribution in [3.8, 4) is 6.07 Å². The van der Waals surface area contributed by atoms with Crippen molar-refractivity contribution < 1.29 is 23.2 Å². The number of halogens is 1. The van der Waals surface area contributed by atoms with Crippen LogP contribution in [-0.2, 0) is 19.7 Å². The van der Waals surface area contributed by atoms with Crippen LogP contribution in [0.5, 0.6) is 0 Å². The van der Waals surface area contributed by atoms with Crippen molar-refractivity contribution in [2.24, 2.45) is 0 Å². The topological polar surface area (TPSA) is 116 Å². The van der Waals surface area contributed by atoms with Crippen LogP contribution in [0.3, 0.4) is 0 Å². The molecule has 0 atom stereocenters. The number of carbonyl (C=O) groups is 1. The van der Waals surface area contributed by atoms with Gasteiger partial charge in [0, 0.05) is 0 Å². The second-order valence-electron chi connectivity index (χ2n) is 3.03. The summed E-state index contributed by atoms with van der Waals surface area (Å²) in [6.45, 7) is -0.826. The van der Waals surface area contributed by atoms with Gasteiger partial charge in [-0.25, -0.2) is 13.2 Å². The van der Waals surface area contributed by atoms with Crippen LogP contribution in [-0.4, -0.2) is 26.1 Å². The molecule has 0 fully saturated rings. The fourth-order valence-corrected chi connectivity index (χ4v) is 2.35. The molecule has 96 valence electrons. The van der Waals surface area contributed by atoms with Crippen molar-refractivity contribution in [1.29, 1.82) is 5.26 Å². The van der Waals surface area contributed by atoms with Gasteiger partial charge in [-0.1, -0.05) is 16.5 Å². The van der Waals surface area contributed by atoms with E-state index in [-0.39, 0.29) is 15.5 Å². The maximum Gasteiger partial charge on any atom is 0.331 e. The first kappa shape index (κ1) is 14.4. The van der Waals surface area contributed by atoms with Crippen LogP contribution in [0, 0.1) is 11.3 Å². The van der Waals surface area contributed by atoms with E-state index in [4.69, 9.17) is 22.0 Å². The minimum atomic E-state index is -4.09. The molecule has 0 heterocycles. The minimum absolute atomic E-state index is 0.166. The molecular weight excluding hydrogens is 284 g/mol. The molecule has 0 aliphatic rings. The van der Waals surface area contributed by atoms with Gasteiger partial charge in [0.1, 0.15) is 4.90 Å². The Morgan fingerprint density at radius 2 is 2.22 bits per heavy atom. The molecule has 9 heteroatoms. The highest BCUT2D eigenvalue weighted by Gasteiger charge is 2.18. The molecule has 1 aromatic carbocycles. The number of carboxylic acid groups (broad SMARTS) is 1. The summed E-state index contributed by atoms with van der Waals surface area (Å²) in [6.07, 6.45) is 0. The smallest absolute Gasteiger partial charge is 0.331 e. The molecule has 0 aliphatic heterocycles. The normalized spacial score (nSPS) is 10.9. The molecule has 1 aromatic rings. The zero-order chi connectivity index (χ0) is 13.8. The number of hydrogen-bond donors (Lipinski definition) is 2. The molecular formula is C9H7ClN2O5S. The van der Waals surface area contributed by atoms with Crippen molar-refractivity contribution in [1.82, 2.24) is 4.89 Å². The lowest BCUT2D eigenvalue weighted by Gasteiger charge is -2.07. The highest BCUT2D eigenvalue weighted by molar-refractivity contribution is 7.89. The van der Waals surface area contributed by atoms with Crippen LogP contribution in [0.2, 0.25) is 5.02 Å². The first-order chi connectivity index (χ1) is 8.36. The second-order valence-corrected chi connectivity index (χ2v) is 5.05. The van der Waals surface area contributed by atoms with Crippen LogP contribution >= 0.6 is 11.6 Å². The third kappa shape index (κ3) is 3.68. The number of sulfonamides is 1. The molecule has 0 saturated carbocycles. The Hall–Kier alpha value is -1.66.